The third-order valence-electron chi connectivity index (χ3n) is 4.19. The Morgan fingerprint density at radius 1 is 1.07 bits per heavy atom. The molecule has 0 unspecified atom stereocenters. The van der Waals surface area contributed by atoms with Crippen LogP contribution in [0.5, 0.6) is 0 Å². The molecule has 7 nitrogen and oxygen atoms in total. The minimum absolute atomic E-state index is 0.0157. The number of nitrogens with one attached hydrogen (secondary N) is 2. The minimum Gasteiger partial charge on any atom is -0.376 e. The highest BCUT2D eigenvalue weighted by molar-refractivity contribution is 5.93. The standard InChI is InChI=1S/C18H16F2N6O/c19-15-8-5-13(9-16(15)20)22-17(27)10-21-12-3-1-11(2-4-12)18-23-24-25-26(18)14-6-7-14/h1-5,8-9,14,21H,6-7,10H2,(H,22,27). The van der Waals surface area contributed by atoms with Gasteiger partial charge in [0, 0.05) is 23.0 Å². The molecule has 0 atom stereocenters. The first kappa shape index (κ1) is 17.1. The van der Waals surface area contributed by atoms with Crippen molar-refractivity contribution in [1.82, 2.24) is 20.2 Å². The van der Waals surface area contributed by atoms with Crippen LogP contribution in [0.15, 0.2) is 42.5 Å². The van der Waals surface area contributed by atoms with Gasteiger partial charge in [0.05, 0.1) is 12.6 Å². The van der Waals surface area contributed by atoms with E-state index in [0.29, 0.717) is 6.04 Å². The van der Waals surface area contributed by atoms with E-state index in [4.69, 9.17) is 0 Å². The van der Waals surface area contributed by atoms with Crippen LogP contribution < -0.4 is 10.6 Å². The lowest BCUT2D eigenvalue weighted by atomic mass is 10.2. The Bertz CT molecular complexity index is 968. The van der Waals surface area contributed by atoms with Crippen molar-refractivity contribution in [3.8, 4) is 11.4 Å². The van der Waals surface area contributed by atoms with E-state index in [-0.39, 0.29) is 18.1 Å². The largest absolute Gasteiger partial charge is 0.376 e. The Hall–Kier alpha value is -3.36. The molecule has 138 valence electrons. The van der Waals surface area contributed by atoms with E-state index in [1.54, 1.807) is 0 Å². The van der Waals surface area contributed by atoms with Crippen LogP contribution in [0.1, 0.15) is 18.9 Å². The molecule has 27 heavy (non-hydrogen) atoms. The molecule has 9 heteroatoms. The molecule has 1 aliphatic rings. The van der Waals surface area contributed by atoms with Crippen LogP contribution in [0.2, 0.25) is 0 Å². The fourth-order valence-electron chi connectivity index (χ4n) is 2.65. The molecule has 0 saturated heterocycles. The quantitative estimate of drug-likeness (QED) is 0.697. The van der Waals surface area contributed by atoms with Gasteiger partial charge in [-0.3, -0.25) is 4.79 Å². The lowest BCUT2D eigenvalue weighted by Gasteiger charge is -2.09. The predicted molar refractivity (Wildman–Crippen MR) is 95.0 cm³/mol. The van der Waals surface area contributed by atoms with E-state index in [9.17, 15) is 13.6 Å². The first-order chi connectivity index (χ1) is 13.1. The van der Waals surface area contributed by atoms with Gasteiger partial charge in [0.25, 0.3) is 0 Å². The highest BCUT2D eigenvalue weighted by Gasteiger charge is 2.28. The number of amides is 1. The molecule has 0 bridgehead atoms. The Labute approximate surface area is 153 Å². The molecule has 0 aliphatic heterocycles. The second kappa shape index (κ2) is 7.10. The summed E-state index contributed by atoms with van der Waals surface area (Å²) in [4.78, 5) is 11.9. The minimum atomic E-state index is -1.01. The number of hydrogen-bond donors (Lipinski definition) is 2. The molecule has 0 spiro atoms. The molecule has 1 amide bonds. The highest BCUT2D eigenvalue weighted by Crippen LogP contribution is 2.36. The summed E-state index contributed by atoms with van der Waals surface area (Å²) in [6.07, 6.45) is 2.18. The van der Waals surface area contributed by atoms with Gasteiger partial charge in [-0.2, -0.15) is 0 Å². The molecule has 1 saturated carbocycles. The molecule has 3 aromatic rings. The number of halogens is 2. The highest BCUT2D eigenvalue weighted by atomic mass is 19.2. The first-order valence-electron chi connectivity index (χ1n) is 8.47. The number of anilines is 2. The van der Waals surface area contributed by atoms with Crippen molar-refractivity contribution in [2.24, 2.45) is 0 Å². The van der Waals surface area contributed by atoms with Gasteiger partial charge < -0.3 is 10.6 Å². The maximum Gasteiger partial charge on any atom is 0.243 e. The number of hydrogen-bond acceptors (Lipinski definition) is 5. The summed E-state index contributed by atoms with van der Waals surface area (Å²) in [6, 6.07) is 11.0. The van der Waals surface area contributed by atoms with Gasteiger partial charge in [-0.1, -0.05) is 0 Å². The zero-order valence-electron chi connectivity index (χ0n) is 14.2. The van der Waals surface area contributed by atoms with Crippen LogP contribution in [0, 0.1) is 11.6 Å². The van der Waals surface area contributed by atoms with Crippen molar-refractivity contribution in [1.29, 1.82) is 0 Å². The molecule has 4 rings (SSSR count). The fraction of sp³-hybridized carbons (Fsp3) is 0.222. The summed E-state index contributed by atoms with van der Waals surface area (Å²) in [5, 5.41) is 17.3. The zero-order chi connectivity index (χ0) is 18.8. The summed E-state index contributed by atoms with van der Waals surface area (Å²) in [7, 11) is 0. The number of aromatic nitrogens is 4. The average molecular weight is 370 g/mol. The number of rotatable bonds is 6. The Kier molecular flexibility index (Phi) is 4.49. The van der Waals surface area contributed by atoms with E-state index in [1.165, 1.54) is 6.07 Å². The Morgan fingerprint density at radius 2 is 1.81 bits per heavy atom. The van der Waals surface area contributed by atoms with Crippen molar-refractivity contribution in [2.45, 2.75) is 18.9 Å². The van der Waals surface area contributed by atoms with Crippen LogP contribution in [0.4, 0.5) is 20.2 Å². The number of carbonyl (C=O) groups is 1. The third kappa shape index (κ3) is 3.91. The second-order valence-corrected chi connectivity index (χ2v) is 6.29. The fourth-order valence-corrected chi connectivity index (χ4v) is 2.65. The van der Waals surface area contributed by atoms with Gasteiger partial charge in [0.2, 0.25) is 5.91 Å². The number of tetrazole rings is 1. The molecular weight excluding hydrogens is 354 g/mol. The van der Waals surface area contributed by atoms with Gasteiger partial charge in [-0.15, -0.1) is 5.10 Å². The van der Waals surface area contributed by atoms with Crippen molar-refractivity contribution in [2.75, 3.05) is 17.2 Å². The average Bonchev–Trinajstić information content (AvgIpc) is 3.40. The van der Waals surface area contributed by atoms with Crippen molar-refractivity contribution < 1.29 is 13.6 Å². The van der Waals surface area contributed by atoms with E-state index < -0.39 is 11.6 Å². The second-order valence-electron chi connectivity index (χ2n) is 6.29. The van der Waals surface area contributed by atoms with Crippen molar-refractivity contribution in [3.05, 3.63) is 54.1 Å². The topological polar surface area (TPSA) is 84.7 Å². The van der Waals surface area contributed by atoms with Crippen molar-refractivity contribution >= 4 is 17.3 Å². The summed E-state index contributed by atoms with van der Waals surface area (Å²) in [6.45, 7) is -0.0157. The van der Waals surface area contributed by atoms with Gasteiger partial charge in [0.15, 0.2) is 17.5 Å². The number of nitrogens with zero attached hydrogens (tertiary/aromatic N) is 4. The van der Waals surface area contributed by atoms with Crippen molar-refractivity contribution in [3.63, 3.8) is 0 Å². The van der Waals surface area contributed by atoms with E-state index in [1.807, 2.05) is 28.9 Å². The van der Waals surface area contributed by atoms with Crippen LogP contribution in [-0.2, 0) is 4.79 Å². The zero-order valence-corrected chi connectivity index (χ0v) is 14.2. The van der Waals surface area contributed by atoms with Gasteiger partial charge in [0.1, 0.15) is 0 Å². The summed E-state index contributed by atoms with van der Waals surface area (Å²) < 4.78 is 27.9. The van der Waals surface area contributed by atoms with E-state index in [0.717, 1.165) is 42.0 Å². The summed E-state index contributed by atoms with van der Waals surface area (Å²) in [5.74, 6) is -1.62. The maximum absolute atomic E-state index is 13.2. The molecule has 1 fully saturated rings. The third-order valence-corrected chi connectivity index (χ3v) is 4.19. The monoisotopic (exact) mass is 370 g/mol. The number of carbonyl (C=O) groups excluding carboxylic acids is 1. The lowest BCUT2D eigenvalue weighted by Crippen LogP contribution is -2.21. The molecule has 2 N–H and O–H groups in total. The van der Waals surface area contributed by atoms with Crippen LogP contribution >= 0.6 is 0 Å². The smallest absolute Gasteiger partial charge is 0.243 e. The van der Waals surface area contributed by atoms with Gasteiger partial charge in [-0.25, -0.2) is 13.5 Å². The predicted octanol–water partition coefficient (Wildman–Crippen LogP) is 3.00. The Morgan fingerprint density at radius 3 is 2.52 bits per heavy atom. The first-order valence-corrected chi connectivity index (χ1v) is 8.47. The summed E-state index contributed by atoms with van der Waals surface area (Å²) >= 11 is 0. The molecule has 0 radical (unpaired) electrons. The van der Waals surface area contributed by atoms with E-state index >= 15 is 0 Å². The molecule has 1 aliphatic carbocycles. The SMILES string of the molecule is O=C(CNc1ccc(-c2nnnn2C2CC2)cc1)Nc1ccc(F)c(F)c1. The molecule has 2 aromatic carbocycles. The molecule has 1 aromatic heterocycles. The molecular formula is C18H16F2N6O. The van der Waals surface area contributed by atoms with Crippen LogP contribution in [0.25, 0.3) is 11.4 Å². The Balaban J connectivity index is 1.35. The van der Waals surface area contributed by atoms with Crippen LogP contribution in [-0.4, -0.2) is 32.7 Å². The van der Waals surface area contributed by atoms with Gasteiger partial charge >= 0.3 is 0 Å². The summed E-state index contributed by atoms with van der Waals surface area (Å²) in [5.41, 5.74) is 1.83. The lowest BCUT2D eigenvalue weighted by molar-refractivity contribution is -0.114. The van der Waals surface area contributed by atoms with E-state index in [2.05, 4.69) is 26.2 Å². The van der Waals surface area contributed by atoms with Gasteiger partial charge in [-0.05, 0) is 59.7 Å². The van der Waals surface area contributed by atoms with Crippen LogP contribution in [0.3, 0.4) is 0 Å². The number of benzene rings is 2. The normalized spacial score (nSPS) is 13.4. The maximum atomic E-state index is 13.2. The molecule has 1 heterocycles.